The van der Waals surface area contributed by atoms with Crippen molar-refractivity contribution < 1.29 is 9.53 Å². The van der Waals surface area contributed by atoms with Gasteiger partial charge in [0.2, 0.25) is 5.13 Å². The molecule has 0 fully saturated rings. The molecular weight excluding hydrogens is 362 g/mol. The number of anilines is 2. The molecule has 0 aliphatic rings. The van der Waals surface area contributed by atoms with Gasteiger partial charge in [-0.1, -0.05) is 37.3 Å². The number of methoxy groups -OCH3 is 1. The summed E-state index contributed by atoms with van der Waals surface area (Å²) in [6.07, 6.45) is 1.54. The number of benzene rings is 1. The third-order valence-corrected chi connectivity index (χ3v) is 4.80. The number of amides is 1. The molecule has 2 heterocycles. The summed E-state index contributed by atoms with van der Waals surface area (Å²) in [5.74, 6) is 1.29. The molecule has 7 nitrogen and oxygen atoms in total. The average Bonchev–Trinajstić information content (AvgIpc) is 3.20. The van der Waals surface area contributed by atoms with Crippen molar-refractivity contribution in [1.29, 1.82) is 0 Å². The molecule has 0 aliphatic heterocycles. The highest BCUT2D eigenvalue weighted by molar-refractivity contribution is 7.13. The van der Waals surface area contributed by atoms with Gasteiger partial charge in [0, 0.05) is 18.2 Å². The van der Waals surface area contributed by atoms with Crippen LogP contribution in [0.4, 0.5) is 10.9 Å². The number of carbonyl (C=O) groups excluding carboxylic acids is 1. The van der Waals surface area contributed by atoms with Gasteiger partial charge in [0.25, 0.3) is 5.91 Å². The van der Waals surface area contributed by atoms with Crippen molar-refractivity contribution in [2.24, 2.45) is 0 Å². The van der Waals surface area contributed by atoms with Crippen LogP contribution in [0.1, 0.15) is 29.8 Å². The number of rotatable bonds is 7. The van der Waals surface area contributed by atoms with Gasteiger partial charge in [-0.05, 0) is 29.8 Å². The lowest BCUT2D eigenvalue weighted by atomic mass is 9.84. The highest BCUT2D eigenvalue weighted by Gasteiger charge is 2.20. The molecular formula is C19H21N5O2S. The molecule has 1 aromatic carbocycles. The van der Waals surface area contributed by atoms with Gasteiger partial charge in [-0.15, -0.1) is 10.2 Å². The summed E-state index contributed by atoms with van der Waals surface area (Å²) >= 11 is 1.27. The molecule has 0 unspecified atom stereocenters. The number of nitrogens with zero attached hydrogens (tertiary/aromatic N) is 3. The van der Waals surface area contributed by atoms with E-state index < -0.39 is 0 Å². The number of ether oxygens (including phenoxy) is 1. The highest BCUT2D eigenvalue weighted by atomic mass is 32.1. The van der Waals surface area contributed by atoms with Crippen molar-refractivity contribution in [1.82, 2.24) is 15.2 Å². The van der Waals surface area contributed by atoms with E-state index >= 15 is 0 Å². The molecule has 27 heavy (non-hydrogen) atoms. The van der Waals surface area contributed by atoms with Gasteiger partial charge in [0.05, 0.1) is 12.7 Å². The molecule has 0 atom stereocenters. The van der Waals surface area contributed by atoms with Gasteiger partial charge in [0.15, 0.2) is 0 Å². The average molecular weight is 383 g/mol. The normalized spacial score (nSPS) is 11.1. The standard InChI is InChI=1S/C19H21N5O2S/c1-19(2,14-5-7-15(26-3)8-6-14)11-21-16-9-4-13(10-20-16)17(25)23-18-24-22-12-27-18/h4-10,12H,11H2,1-3H3,(H,20,21)(H,23,24,25). The van der Waals surface area contributed by atoms with Crippen LogP contribution in [-0.2, 0) is 5.41 Å². The Morgan fingerprint density at radius 2 is 1.96 bits per heavy atom. The molecule has 3 rings (SSSR count). The summed E-state index contributed by atoms with van der Waals surface area (Å²) in [7, 11) is 1.66. The van der Waals surface area contributed by atoms with Crippen LogP contribution in [0.25, 0.3) is 0 Å². The monoisotopic (exact) mass is 383 g/mol. The van der Waals surface area contributed by atoms with Crippen LogP contribution >= 0.6 is 11.3 Å². The van der Waals surface area contributed by atoms with Crippen LogP contribution in [0.15, 0.2) is 48.1 Å². The van der Waals surface area contributed by atoms with Crippen molar-refractivity contribution in [3.05, 3.63) is 59.2 Å². The van der Waals surface area contributed by atoms with Gasteiger partial charge in [-0.25, -0.2) is 4.98 Å². The lowest BCUT2D eigenvalue weighted by Crippen LogP contribution is -2.27. The topological polar surface area (TPSA) is 89.0 Å². The van der Waals surface area contributed by atoms with E-state index in [1.54, 1.807) is 30.9 Å². The predicted molar refractivity (Wildman–Crippen MR) is 107 cm³/mol. The Morgan fingerprint density at radius 3 is 2.56 bits per heavy atom. The zero-order chi connectivity index (χ0) is 19.3. The van der Waals surface area contributed by atoms with Gasteiger partial charge in [-0.2, -0.15) is 0 Å². The van der Waals surface area contributed by atoms with Crippen LogP contribution in [0.2, 0.25) is 0 Å². The smallest absolute Gasteiger partial charge is 0.259 e. The molecule has 140 valence electrons. The van der Waals surface area contributed by atoms with Crippen LogP contribution < -0.4 is 15.4 Å². The van der Waals surface area contributed by atoms with Gasteiger partial charge in [-0.3, -0.25) is 10.1 Å². The lowest BCUT2D eigenvalue weighted by molar-refractivity contribution is 0.102. The molecule has 0 saturated heterocycles. The van der Waals surface area contributed by atoms with E-state index in [2.05, 4.69) is 51.8 Å². The third-order valence-electron chi connectivity index (χ3n) is 4.19. The van der Waals surface area contributed by atoms with E-state index in [0.717, 1.165) is 5.75 Å². The van der Waals surface area contributed by atoms with E-state index in [4.69, 9.17) is 4.74 Å². The van der Waals surface area contributed by atoms with Crippen molar-refractivity contribution >= 4 is 28.2 Å². The van der Waals surface area contributed by atoms with Gasteiger partial charge >= 0.3 is 0 Å². The molecule has 8 heteroatoms. The fraction of sp³-hybridized carbons (Fsp3) is 0.263. The minimum Gasteiger partial charge on any atom is -0.497 e. The van der Waals surface area contributed by atoms with E-state index in [0.29, 0.717) is 23.1 Å². The third kappa shape index (κ3) is 4.79. The predicted octanol–water partition coefficient (Wildman–Crippen LogP) is 3.58. The Hall–Kier alpha value is -3.00. The van der Waals surface area contributed by atoms with Crippen molar-refractivity contribution in [3.8, 4) is 5.75 Å². The van der Waals surface area contributed by atoms with Crippen LogP contribution in [0, 0.1) is 0 Å². The van der Waals surface area contributed by atoms with Gasteiger partial charge < -0.3 is 10.1 Å². The van der Waals surface area contributed by atoms with Crippen molar-refractivity contribution in [2.45, 2.75) is 19.3 Å². The number of nitrogens with one attached hydrogen (secondary N) is 2. The zero-order valence-corrected chi connectivity index (χ0v) is 16.2. The van der Waals surface area contributed by atoms with E-state index in [1.807, 2.05) is 12.1 Å². The van der Waals surface area contributed by atoms with Gasteiger partial charge in [0.1, 0.15) is 17.1 Å². The number of pyridine rings is 1. The zero-order valence-electron chi connectivity index (χ0n) is 15.4. The van der Waals surface area contributed by atoms with E-state index in [1.165, 1.54) is 16.9 Å². The summed E-state index contributed by atoms with van der Waals surface area (Å²) in [4.78, 5) is 16.5. The molecule has 0 saturated carbocycles. The second kappa shape index (κ2) is 8.13. The van der Waals surface area contributed by atoms with Crippen LogP contribution in [0.3, 0.4) is 0 Å². The largest absolute Gasteiger partial charge is 0.497 e. The highest BCUT2D eigenvalue weighted by Crippen LogP contribution is 2.25. The lowest BCUT2D eigenvalue weighted by Gasteiger charge is -2.26. The fourth-order valence-corrected chi connectivity index (χ4v) is 2.93. The number of aromatic nitrogens is 3. The molecule has 2 aromatic heterocycles. The Morgan fingerprint density at radius 1 is 1.19 bits per heavy atom. The van der Waals surface area contributed by atoms with Crippen molar-refractivity contribution in [3.63, 3.8) is 0 Å². The first kappa shape index (κ1) is 18.8. The first-order chi connectivity index (χ1) is 13.0. The maximum atomic E-state index is 12.1. The molecule has 3 aromatic rings. The minimum absolute atomic E-state index is 0.0954. The number of hydrogen-bond acceptors (Lipinski definition) is 7. The maximum absolute atomic E-state index is 12.1. The Kier molecular flexibility index (Phi) is 5.66. The molecule has 2 N–H and O–H groups in total. The summed E-state index contributed by atoms with van der Waals surface area (Å²) in [5.41, 5.74) is 3.13. The van der Waals surface area contributed by atoms with Crippen LogP contribution in [0.5, 0.6) is 5.75 Å². The molecule has 0 radical (unpaired) electrons. The first-order valence-electron chi connectivity index (χ1n) is 8.40. The fourth-order valence-electron chi connectivity index (χ4n) is 2.49. The maximum Gasteiger partial charge on any atom is 0.259 e. The molecule has 0 spiro atoms. The van der Waals surface area contributed by atoms with Crippen LogP contribution in [-0.4, -0.2) is 34.7 Å². The Balaban J connectivity index is 1.59. The SMILES string of the molecule is COc1ccc(C(C)(C)CNc2ccc(C(=O)Nc3nncs3)cn2)cc1. The Labute approximate surface area is 161 Å². The first-order valence-corrected chi connectivity index (χ1v) is 9.28. The second-order valence-electron chi connectivity index (χ2n) is 6.60. The number of hydrogen-bond donors (Lipinski definition) is 2. The summed E-state index contributed by atoms with van der Waals surface area (Å²) < 4.78 is 5.21. The number of carbonyl (C=O) groups is 1. The van der Waals surface area contributed by atoms with E-state index in [9.17, 15) is 4.79 Å². The molecule has 0 aliphatic carbocycles. The van der Waals surface area contributed by atoms with E-state index in [-0.39, 0.29) is 11.3 Å². The van der Waals surface area contributed by atoms with Crippen molar-refractivity contribution in [2.75, 3.05) is 24.3 Å². The molecule has 0 bridgehead atoms. The summed E-state index contributed by atoms with van der Waals surface area (Å²) in [6, 6.07) is 11.6. The summed E-state index contributed by atoms with van der Waals surface area (Å²) in [6.45, 7) is 5.01. The second-order valence-corrected chi connectivity index (χ2v) is 7.43. The minimum atomic E-state index is -0.260. The molecule has 1 amide bonds. The Bertz CT molecular complexity index is 877. The quantitative estimate of drug-likeness (QED) is 0.648. The summed E-state index contributed by atoms with van der Waals surface area (Å²) in [5, 5.41) is 13.9.